The molecular weight excluding hydrogens is 388 g/mol. The molecule has 0 atom stereocenters. The van der Waals surface area contributed by atoms with Gasteiger partial charge in [-0.15, -0.1) is 0 Å². The molecule has 28 heavy (non-hydrogen) atoms. The van der Waals surface area contributed by atoms with Crippen LogP contribution in [0.3, 0.4) is 0 Å². The molecule has 2 fully saturated rings. The van der Waals surface area contributed by atoms with E-state index in [2.05, 4.69) is 26.0 Å². The molecule has 2 heterocycles. The summed E-state index contributed by atoms with van der Waals surface area (Å²) >= 11 is 6.75. The van der Waals surface area contributed by atoms with Crippen LogP contribution in [0, 0.1) is 5.92 Å². The van der Waals surface area contributed by atoms with Gasteiger partial charge in [0.15, 0.2) is 0 Å². The van der Waals surface area contributed by atoms with Crippen molar-refractivity contribution in [2.45, 2.75) is 46.0 Å². The van der Waals surface area contributed by atoms with Gasteiger partial charge in [-0.1, -0.05) is 62.1 Å². The lowest BCUT2D eigenvalue weighted by atomic mass is 9.99. The maximum Gasteiger partial charge on any atom is 0.266 e. The Morgan fingerprint density at radius 3 is 2.57 bits per heavy atom. The number of carbonyl (C=O) groups is 2. The molecule has 2 aliphatic rings. The van der Waals surface area contributed by atoms with Crippen molar-refractivity contribution in [3.8, 4) is 0 Å². The molecule has 0 radical (unpaired) electrons. The topological polar surface area (TPSA) is 40.6 Å². The molecule has 0 saturated carbocycles. The van der Waals surface area contributed by atoms with Gasteiger partial charge in [0.1, 0.15) is 4.32 Å². The summed E-state index contributed by atoms with van der Waals surface area (Å²) in [4.78, 5) is 29.3. The predicted octanol–water partition coefficient (Wildman–Crippen LogP) is 4.49. The van der Waals surface area contributed by atoms with Crippen molar-refractivity contribution in [1.82, 2.24) is 9.80 Å². The minimum absolute atomic E-state index is 0.0474. The third kappa shape index (κ3) is 5.23. The molecule has 6 heteroatoms. The average molecular weight is 417 g/mol. The number of benzene rings is 1. The van der Waals surface area contributed by atoms with Gasteiger partial charge in [-0.05, 0) is 48.8 Å². The molecule has 0 N–H and O–H groups in total. The molecule has 1 aromatic carbocycles. The zero-order chi connectivity index (χ0) is 20.1. The molecule has 3 rings (SSSR count). The number of piperidine rings is 1. The highest BCUT2D eigenvalue weighted by molar-refractivity contribution is 8.26. The first-order valence-corrected chi connectivity index (χ1v) is 11.3. The number of thiocarbonyl (C=S) groups is 1. The monoisotopic (exact) mass is 416 g/mol. The van der Waals surface area contributed by atoms with Gasteiger partial charge in [-0.3, -0.25) is 14.5 Å². The Hall–Kier alpha value is -1.66. The number of thioether (sulfide) groups is 1. The van der Waals surface area contributed by atoms with Gasteiger partial charge >= 0.3 is 0 Å². The van der Waals surface area contributed by atoms with Gasteiger partial charge in [0.05, 0.1) is 4.91 Å². The summed E-state index contributed by atoms with van der Waals surface area (Å²) in [7, 11) is 0. The Morgan fingerprint density at radius 2 is 1.93 bits per heavy atom. The number of carbonyl (C=O) groups excluding carboxylic acids is 2. The molecule has 150 valence electrons. The summed E-state index contributed by atoms with van der Waals surface area (Å²) in [6.07, 6.45) is 6.20. The van der Waals surface area contributed by atoms with E-state index in [-0.39, 0.29) is 11.8 Å². The first-order chi connectivity index (χ1) is 13.5. The SMILES string of the molecule is CCc1ccc(/C=C2\SC(=S)N(CCCC(=O)N3CCC(C)CC3)C2=O)cc1. The third-order valence-electron chi connectivity index (χ3n) is 5.47. The van der Waals surface area contributed by atoms with Crippen LogP contribution in [-0.4, -0.2) is 45.6 Å². The highest BCUT2D eigenvalue weighted by atomic mass is 32.2. The molecular formula is C22H28N2O2S2. The fourth-order valence-corrected chi connectivity index (χ4v) is 4.81. The highest BCUT2D eigenvalue weighted by Gasteiger charge is 2.31. The molecule has 0 spiro atoms. The zero-order valence-electron chi connectivity index (χ0n) is 16.6. The Labute approximate surface area is 177 Å². The summed E-state index contributed by atoms with van der Waals surface area (Å²) in [6, 6.07) is 8.23. The fourth-order valence-electron chi connectivity index (χ4n) is 3.50. The van der Waals surface area contributed by atoms with Crippen molar-refractivity contribution < 1.29 is 9.59 Å². The lowest BCUT2D eigenvalue weighted by Crippen LogP contribution is -2.38. The van der Waals surface area contributed by atoms with Gasteiger partial charge in [0, 0.05) is 26.1 Å². The van der Waals surface area contributed by atoms with Crippen molar-refractivity contribution in [1.29, 1.82) is 0 Å². The van der Waals surface area contributed by atoms with E-state index in [4.69, 9.17) is 12.2 Å². The molecule has 2 saturated heterocycles. The Bertz CT molecular complexity index is 765. The van der Waals surface area contributed by atoms with Crippen LogP contribution in [0.5, 0.6) is 0 Å². The highest BCUT2D eigenvalue weighted by Crippen LogP contribution is 2.32. The smallest absolute Gasteiger partial charge is 0.266 e. The Balaban J connectivity index is 1.52. The predicted molar refractivity (Wildman–Crippen MR) is 120 cm³/mol. The molecule has 4 nitrogen and oxygen atoms in total. The summed E-state index contributed by atoms with van der Waals surface area (Å²) in [5.41, 5.74) is 2.28. The zero-order valence-corrected chi connectivity index (χ0v) is 18.3. The third-order valence-corrected chi connectivity index (χ3v) is 6.85. The van der Waals surface area contributed by atoms with E-state index < -0.39 is 0 Å². The number of hydrogen-bond donors (Lipinski definition) is 0. The van der Waals surface area contributed by atoms with Crippen molar-refractivity contribution in [2.75, 3.05) is 19.6 Å². The summed E-state index contributed by atoms with van der Waals surface area (Å²) in [6.45, 7) is 6.59. The maximum absolute atomic E-state index is 12.7. The largest absolute Gasteiger partial charge is 0.343 e. The van der Waals surface area contributed by atoms with E-state index in [1.807, 2.05) is 23.1 Å². The van der Waals surface area contributed by atoms with Crippen LogP contribution in [0.1, 0.15) is 50.7 Å². The number of rotatable bonds is 6. The standard InChI is InChI=1S/C22H28N2O2S2/c1-3-17-6-8-18(9-7-17)15-19-21(26)24(22(27)28-19)12-4-5-20(25)23-13-10-16(2)11-14-23/h6-9,15-16H,3-5,10-14H2,1-2H3/b19-15-. The van der Waals surface area contributed by atoms with E-state index in [1.165, 1.54) is 17.3 Å². The molecule has 0 unspecified atom stereocenters. The maximum atomic E-state index is 12.7. The summed E-state index contributed by atoms with van der Waals surface area (Å²) in [5, 5.41) is 0. The summed E-state index contributed by atoms with van der Waals surface area (Å²) in [5.74, 6) is 0.863. The van der Waals surface area contributed by atoms with Crippen molar-refractivity contribution in [3.63, 3.8) is 0 Å². The van der Waals surface area contributed by atoms with Crippen LogP contribution < -0.4 is 0 Å². The number of likely N-dealkylation sites (tertiary alicyclic amines) is 1. The van der Waals surface area contributed by atoms with Gasteiger partial charge in [-0.2, -0.15) is 0 Å². The van der Waals surface area contributed by atoms with Crippen LogP contribution in [0.4, 0.5) is 0 Å². The number of hydrogen-bond acceptors (Lipinski definition) is 4. The average Bonchev–Trinajstić information content (AvgIpc) is 2.96. The number of nitrogens with zero attached hydrogens (tertiary/aromatic N) is 2. The van der Waals surface area contributed by atoms with E-state index in [9.17, 15) is 9.59 Å². The second-order valence-corrected chi connectivity index (χ2v) is 9.27. The minimum atomic E-state index is -0.0474. The minimum Gasteiger partial charge on any atom is -0.343 e. The quantitative estimate of drug-likeness (QED) is 0.506. The van der Waals surface area contributed by atoms with Gasteiger partial charge in [0.25, 0.3) is 5.91 Å². The molecule has 2 aliphatic heterocycles. The lowest BCUT2D eigenvalue weighted by Gasteiger charge is -2.30. The van der Waals surface area contributed by atoms with E-state index in [0.717, 1.165) is 37.9 Å². The second kappa shape index (κ2) is 9.70. The number of aryl methyl sites for hydroxylation is 1. The van der Waals surface area contributed by atoms with Gasteiger partial charge in [0.2, 0.25) is 5.91 Å². The first kappa shape index (κ1) is 21.1. The molecule has 2 amide bonds. The van der Waals surface area contributed by atoms with E-state index in [0.29, 0.717) is 34.5 Å². The van der Waals surface area contributed by atoms with Crippen molar-refractivity contribution >= 4 is 46.2 Å². The fraction of sp³-hybridized carbons (Fsp3) is 0.500. The Morgan fingerprint density at radius 1 is 1.25 bits per heavy atom. The van der Waals surface area contributed by atoms with E-state index in [1.54, 1.807) is 4.90 Å². The van der Waals surface area contributed by atoms with Gasteiger partial charge < -0.3 is 4.90 Å². The lowest BCUT2D eigenvalue weighted by molar-refractivity contribution is -0.133. The van der Waals surface area contributed by atoms with Crippen LogP contribution in [0.2, 0.25) is 0 Å². The van der Waals surface area contributed by atoms with E-state index >= 15 is 0 Å². The first-order valence-electron chi connectivity index (χ1n) is 10.1. The number of amides is 2. The van der Waals surface area contributed by atoms with Crippen LogP contribution in [-0.2, 0) is 16.0 Å². The Kier molecular flexibility index (Phi) is 7.30. The molecule has 0 aromatic heterocycles. The van der Waals surface area contributed by atoms with Crippen LogP contribution in [0.15, 0.2) is 29.2 Å². The van der Waals surface area contributed by atoms with Crippen molar-refractivity contribution in [2.24, 2.45) is 5.92 Å². The molecule has 0 bridgehead atoms. The normalized spacial score (nSPS) is 19.7. The molecule has 1 aromatic rings. The summed E-state index contributed by atoms with van der Waals surface area (Å²) < 4.78 is 0.584. The van der Waals surface area contributed by atoms with Crippen molar-refractivity contribution in [3.05, 3.63) is 40.3 Å². The molecule has 0 aliphatic carbocycles. The van der Waals surface area contributed by atoms with Crippen LogP contribution >= 0.6 is 24.0 Å². The van der Waals surface area contributed by atoms with Gasteiger partial charge in [-0.25, -0.2) is 0 Å². The second-order valence-electron chi connectivity index (χ2n) is 7.60. The van der Waals surface area contributed by atoms with Crippen LogP contribution in [0.25, 0.3) is 6.08 Å².